The lowest BCUT2D eigenvalue weighted by molar-refractivity contribution is 1.18. The predicted molar refractivity (Wildman–Crippen MR) is 201 cm³/mol. The van der Waals surface area contributed by atoms with Crippen molar-refractivity contribution in [2.45, 2.75) is 0 Å². The summed E-state index contributed by atoms with van der Waals surface area (Å²) in [7, 11) is -3.03. The van der Waals surface area contributed by atoms with Crippen LogP contribution in [0.4, 0.5) is 5.69 Å². The molecule has 0 aliphatic rings. The number of nitriles is 1. The van der Waals surface area contributed by atoms with Crippen molar-refractivity contribution in [3.8, 4) is 22.9 Å². The van der Waals surface area contributed by atoms with E-state index in [9.17, 15) is 5.26 Å². The summed E-state index contributed by atoms with van der Waals surface area (Å²) < 4.78 is 2.30. The summed E-state index contributed by atoms with van der Waals surface area (Å²) >= 11 is 0. The summed E-state index contributed by atoms with van der Waals surface area (Å²) in [5.74, 6) is 0. The molecule has 0 saturated carbocycles. The smallest absolute Gasteiger partial charge is 0.189 e. The molecule has 0 atom stereocenters. The van der Waals surface area contributed by atoms with E-state index in [2.05, 4.69) is 173 Å². The van der Waals surface area contributed by atoms with E-state index in [1.165, 1.54) is 15.6 Å². The highest BCUT2D eigenvalue weighted by Crippen LogP contribution is 2.38. The summed E-state index contributed by atoms with van der Waals surface area (Å²) in [4.78, 5) is 3.88. The van der Waals surface area contributed by atoms with Gasteiger partial charge in [0.1, 0.15) is 0 Å². The zero-order valence-electron chi connectivity index (χ0n) is 26.1. The van der Waals surface area contributed by atoms with Gasteiger partial charge in [0.05, 0.1) is 29.2 Å². The summed E-state index contributed by atoms with van der Waals surface area (Å²) in [5.41, 5.74) is 6.33. The van der Waals surface area contributed by atoms with E-state index < -0.39 is 8.07 Å². The van der Waals surface area contributed by atoms with E-state index in [1.807, 2.05) is 18.2 Å². The van der Waals surface area contributed by atoms with Crippen molar-refractivity contribution in [1.82, 2.24) is 4.57 Å². The molecule has 0 saturated heterocycles. The van der Waals surface area contributed by atoms with Crippen molar-refractivity contribution in [2.75, 3.05) is 0 Å². The molecule has 1 heterocycles. The second-order valence-corrected chi connectivity index (χ2v) is 15.7. The molecule has 4 heteroatoms. The Morgan fingerprint density at radius 3 is 1.50 bits per heavy atom. The largest absolute Gasteiger partial charge is 0.310 e. The maximum atomic E-state index is 10.3. The lowest BCUT2D eigenvalue weighted by atomic mass is 10.0. The average Bonchev–Trinajstić information content (AvgIpc) is 3.50. The number of para-hydroxylation sites is 2. The molecule has 0 spiro atoms. The van der Waals surface area contributed by atoms with Gasteiger partial charge in [0, 0.05) is 22.0 Å². The van der Waals surface area contributed by atoms with Crippen molar-refractivity contribution >= 4 is 56.3 Å². The Kier molecular flexibility index (Phi) is 7.27. The maximum absolute atomic E-state index is 10.3. The molecule has 0 aliphatic heterocycles. The number of rotatable bonds is 6. The van der Waals surface area contributed by atoms with Gasteiger partial charge in [-0.05, 0) is 56.6 Å². The van der Waals surface area contributed by atoms with Crippen LogP contribution in [0.25, 0.3) is 43.5 Å². The van der Waals surface area contributed by atoms with Gasteiger partial charge < -0.3 is 4.57 Å². The SMILES string of the molecule is [C-]#[N+]c1ccc(-c2ccc(C#N)cc2[Si](c2ccccc2)(c2ccccc2)c2ccccc2)c(-n2c3ccccc3c3ccccc32)c1. The molecule has 0 radical (unpaired) electrons. The van der Waals surface area contributed by atoms with Crippen molar-refractivity contribution in [3.63, 3.8) is 0 Å². The minimum Gasteiger partial charge on any atom is -0.310 e. The van der Waals surface area contributed by atoms with Gasteiger partial charge in [-0.3, -0.25) is 0 Å². The van der Waals surface area contributed by atoms with Crippen molar-refractivity contribution in [2.24, 2.45) is 0 Å². The molecule has 0 fully saturated rings. The molecular formula is C44H29N3Si. The molecule has 3 nitrogen and oxygen atoms in total. The average molecular weight is 628 g/mol. The summed E-state index contributed by atoms with van der Waals surface area (Å²) in [6, 6.07) is 63.9. The van der Waals surface area contributed by atoms with Gasteiger partial charge in [-0.2, -0.15) is 5.26 Å². The molecule has 48 heavy (non-hydrogen) atoms. The molecule has 1 aromatic heterocycles. The van der Waals surface area contributed by atoms with Gasteiger partial charge >= 0.3 is 0 Å². The minimum absolute atomic E-state index is 0.573. The highest BCUT2D eigenvalue weighted by atomic mass is 28.3. The number of hydrogen-bond donors (Lipinski definition) is 0. The fourth-order valence-corrected chi connectivity index (χ4v) is 12.4. The summed E-state index contributed by atoms with van der Waals surface area (Å²) in [6.45, 7) is 7.99. The van der Waals surface area contributed by atoms with E-state index in [1.54, 1.807) is 0 Å². The normalized spacial score (nSPS) is 11.3. The second kappa shape index (κ2) is 12.0. The van der Waals surface area contributed by atoms with E-state index >= 15 is 0 Å². The predicted octanol–water partition coefficient (Wildman–Crippen LogP) is 8.25. The summed E-state index contributed by atoms with van der Waals surface area (Å²) in [5, 5.41) is 17.5. The Bertz CT molecular complexity index is 2370. The van der Waals surface area contributed by atoms with Crippen LogP contribution in [-0.4, -0.2) is 12.6 Å². The molecule has 7 aromatic carbocycles. The molecule has 0 N–H and O–H groups in total. The van der Waals surface area contributed by atoms with Gasteiger partial charge in [0.2, 0.25) is 0 Å². The molecule has 8 rings (SSSR count). The number of nitrogens with zero attached hydrogens (tertiary/aromatic N) is 3. The highest BCUT2D eigenvalue weighted by molar-refractivity contribution is 7.20. The maximum Gasteiger partial charge on any atom is 0.189 e. The van der Waals surface area contributed by atoms with Gasteiger partial charge in [-0.1, -0.05) is 146 Å². The standard InChI is InChI=1S/C44H29N3Si/c1-46-33-26-28-39(43(30-33)47-41-23-13-11-21-37(41)38-22-12-14-24-42(38)47)40-27-25-32(31-45)29-44(40)48(34-15-5-2-6-16-34,35-17-7-3-8-18-35)36-19-9-4-10-20-36/h2-30H. The highest BCUT2D eigenvalue weighted by Gasteiger charge is 2.43. The minimum atomic E-state index is -3.03. The van der Waals surface area contributed by atoms with E-state index in [-0.39, 0.29) is 0 Å². The van der Waals surface area contributed by atoms with Crippen LogP contribution in [0.5, 0.6) is 0 Å². The van der Waals surface area contributed by atoms with Crippen LogP contribution in [-0.2, 0) is 0 Å². The van der Waals surface area contributed by atoms with E-state index in [0.717, 1.165) is 43.8 Å². The molecule has 0 unspecified atom stereocenters. The molecule has 224 valence electrons. The van der Waals surface area contributed by atoms with Gasteiger partial charge in [0.25, 0.3) is 0 Å². The second-order valence-electron chi connectivity index (χ2n) is 11.9. The van der Waals surface area contributed by atoms with Crippen LogP contribution in [0, 0.1) is 17.9 Å². The van der Waals surface area contributed by atoms with Crippen LogP contribution < -0.4 is 20.7 Å². The third-order valence-corrected chi connectivity index (χ3v) is 14.2. The Balaban J connectivity index is 1.55. The lowest BCUT2D eigenvalue weighted by Gasteiger charge is -2.36. The summed E-state index contributed by atoms with van der Waals surface area (Å²) in [6.07, 6.45) is 0. The monoisotopic (exact) mass is 627 g/mol. The zero-order valence-corrected chi connectivity index (χ0v) is 27.1. The number of fused-ring (bicyclic) bond motifs is 3. The van der Waals surface area contributed by atoms with Crippen molar-refractivity contribution < 1.29 is 0 Å². The topological polar surface area (TPSA) is 33.1 Å². The van der Waals surface area contributed by atoms with E-state index in [4.69, 9.17) is 6.57 Å². The van der Waals surface area contributed by atoms with Gasteiger partial charge in [0.15, 0.2) is 13.8 Å². The Labute approximate surface area is 281 Å². The first-order valence-corrected chi connectivity index (χ1v) is 18.0. The van der Waals surface area contributed by atoms with Gasteiger partial charge in [-0.25, -0.2) is 4.85 Å². The van der Waals surface area contributed by atoms with Crippen LogP contribution in [0.15, 0.2) is 176 Å². The quantitative estimate of drug-likeness (QED) is 0.104. The Morgan fingerprint density at radius 1 is 0.521 bits per heavy atom. The van der Waals surface area contributed by atoms with Crippen LogP contribution in [0.3, 0.4) is 0 Å². The molecule has 8 aromatic rings. The number of hydrogen-bond acceptors (Lipinski definition) is 1. The third kappa shape index (κ3) is 4.55. The third-order valence-electron chi connectivity index (χ3n) is 9.39. The molecule has 0 amide bonds. The number of aromatic nitrogens is 1. The fourth-order valence-electron chi connectivity index (χ4n) is 7.37. The molecule has 0 aliphatic carbocycles. The first kappa shape index (κ1) is 29.0. The fraction of sp³-hybridized carbons (Fsp3) is 0. The van der Waals surface area contributed by atoms with E-state index in [0.29, 0.717) is 11.3 Å². The van der Waals surface area contributed by atoms with Crippen LogP contribution in [0.2, 0.25) is 0 Å². The van der Waals surface area contributed by atoms with Gasteiger partial charge in [-0.15, -0.1) is 0 Å². The zero-order chi connectivity index (χ0) is 32.5. The number of benzene rings is 7. The van der Waals surface area contributed by atoms with Crippen LogP contribution in [0.1, 0.15) is 5.56 Å². The van der Waals surface area contributed by atoms with Crippen molar-refractivity contribution in [1.29, 1.82) is 5.26 Å². The first-order valence-electron chi connectivity index (χ1n) is 16.0. The first-order chi connectivity index (χ1) is 23.7. The Morgan fingerprint density at radius 2 is 1.00 bits per heavy atom. The molecule has 0 bridgehead atoms. The van der Waals surface area contributed by atoms with Crippen LogP contribution >= 0.6 is 0 Å². The van der Waals surface area contributed by atoms with Crippen molar-refractivity contribution in [3.05, 3.63) is 193 Å². The lowest BCUT2D eigenvalue weighted by Crippen LogP contribution is -2.75. The molecular weight excluding hydrogens is 599 g/mol. The Hall–Kier alpha value is -6.46.